The third-order valence-corrected chi connectivity index (χ3v) is 5.18. The first-order valence-corrected chi connectivity index (χ1v) is 9.79. The van der Waals surface area contributed by atoms with E-state index in [1.54, 1.807) is 0 Å². The predicted octanol–water partition coefficient (Wildman–Crippen LogP) is -0.850. The van der Waals surface area contributed by atoms with Gasteiger partial charge in [-0.2, -0.15) is 13.5 Å². The molecule has 4 rings (SSSR count). The lowest BCUT2D eigenvalue weighted by molar-refractivity contribution is -0.0317. The molecule has 2 bridgehead atoms. The number of hydroxylamine groups is 2. The molecule has 13 heteroatoms. The minimum atomic E-state index is -4.76. The molecular formula is C13H20N6O6S. The number of fused-ring (bicyclic) bond motifs is 2. The zero-order valence-electron chi connectivity index (χ0n) is 13.9. The summed E-state index contributed by atoms with van der Waals surface area (Å²) in [6.45, 7) is 4.45. The Morgan fingerprint density at radius 3 is 2.77 bits per heavy atom. The van der Waals surface area contributed by atoms with Crippen LogP contribution < -0.4 is 5.32 Å². The minimum Gasteiger partial charge on any atom is -0.422 e. The normalized spacial score (nSPS) is 27.3. The van der Waals surface area contributed by atoms with Crippen LogP contribution in [0.4, 0.5) is 4.79 Å². The van der Waals surface area contributed by atoms with Crippen molar-refractivity contribution < 1.29 is 26.5 Å². The number of urea groups is 1. The van der Waals surface area contributed by atoms with Crippen LogP contribution in [0.5, 0.6) is 0 Å². The molecule has 0 aliphatic carbocycles. The molecule has 2 N–H and O–H groups in total. The van der Waals surface area contributed by atoms with Crippen molar-refractivity contribution in [3.8, 4) is 0 Å². The fraction of sp³-hybridized carbons (Fsp3) is 0.769. The van der Waals surface area contributed by atoms with Crippen LogP contribution in [0.3, 0.4) is 0 Å². The largest absolute Gasteiger partial charge is 0.422 e. The molecule has 2 atom stereocenters. The number of amides is 2. The molecule has 3 fully saturated rings. The summed E-state index contributed by atoms with van der Waals surface area (Å²) >= 11 is 0. The summed E-state index contributed by atoms with van der Waals surface area (Å²) in [4.78, 5) is 16.1. The monoisotopic (exact) mass is 388 g/mol. The highest BCUT2D eigenvalue weighted by Crippen LogP contribution is 2.38. The number of piperazine rings is 1. The van der Waals surface area contributed by atoms with Gasteiger partial charge in [0.2, 0.25) is 11.8 Å². The number of piperidine rings is 1. The first kappa shape index (κ1) is 17.6. The van der Waals surface area contributed by atoms with Crippen molar-refractivity contribution in [1.29, 1.82) is 0 Å². The number of carbonyl (C=O) groups is 1. The molecule has 12 nitrogen and oxygen atoms in total. The van der Waals surface area contributed by atoms with Crippen molar-refractivity contribution in [3.63, 3.8) is 0 Å². The second kappa shape index (κ2) is 6.74. The Kier molecular flexibility index (Phi) is 4.56. The number of nitrogens with one attached hydrogen (secondary N) is 1. The highest BCUT2D eigenvalue weighted by atomic mass is 32.3. The fourth-order valence-electron chi connectivity index (χ4n) is 3.61. The SMILES string of the molecule is O=C1N2CC(CCC2c2nnc(CN3CCNCC3)o2)N1OS(=O)(=O)O. The summed E-state index contributed by atoms with van der Waals surface area (Å²) in [5, 5.41) is 12.1. The second-order valence-electron chi connectivity index (χ2n) is 6.57. The van der Waals surface area contributed by atoms with Crippen molar-refractivity contribution in [1.82, 2.24) is 30.4 Å². The molecule has 0 aromatic carbocycles. The van der Waals surface area contributed by atoms with E-state index in [0.717, 1.165) is 26.2 Å². The van der Waals surface area contributed by atoms with E-state index >= 15 is 0 Å². The number of hydrogen-bond donors (Lipinski definition) is 2. The fourth-order valence-corrected chi connectivity index (χ4v) is 4.00. The average molecular weight is 388 g/mol. The molecule has 144 valence electrons. The highest BCUT2D eigenvalue weighted by molar-refractivity contribution is 7.80. The number of rotatable bonds is 5. The van der Waals surface area contributed by atoms with E-state index in [2.05, 4.69) is 24.7 Å². The highest BCUT2D eigenvalue weighted by Gasteiger charge is 2.49. The van der Waals surface area contributed by atoms with E-state index in [9.17, 15) is 13.2 Å². The maximum atomic E-state index is 12.4. The van der Waals surface area contributed by atoms with Crippen LogP contribution >= 0.6 is 0 Å². The maximum absolute atomic E-state index is 12.4. The van der Waals surface area contributed by atoms with E-state index in [0.29, 0.717) is 36.2 Å². The number of hydrogen-bond acceptors (Lipinski definition) is 9. The summed E-state index contributed by atoms with van der Waals surface area (Å²) in [6, 6.07) is -1.51. The summed E-state index contributed by atoms with van der Waals surface area (Å²) < 4.78 is 40.9. The minimum absolute atomic E-state index is 0.272. The third-order valence-electron chi connectivity index (χ3n) is 4.83. The van der Waals surface area contributed by atoms with Crippen molar-refractivity contribution >= 4 is 16.4 Å². The van der Waals surface area contributed by atoms with Crippen LogP contribution in [0.1, 0.15) is 30.7 Å². The Hall–Kier alpha value is -1.80. The van der Waals surface area contributed by atoms with Crippen molar-refractivity contribution in [2.75, 3.05) is 32.7 Å². The van der Waals surface area contributed by atoms with Crippen LogP contribution in [0.2, 0.25) is 0 Å². The van der Waals surface area contributed by atoms with Crippen LogP contribution in [0.25, 0.3) is 0 Å². The van der Waals surface area contributed by atoms with E-state index in [1.165, 1.54) is 4.90 Å². The van der Waals surface area contributed by atoms with Crippen molar-refractivity contribution in [2.45, 2.75) is 31.5 Å². The molecule has 0 radical (unpaired) electrons. The van der Waals surface area contributed by atoms with E-state index in [4.69, 9.17) is 8.97 Å². The van der Waals surface area contributed by atoms with Gasteiger partial charge in [0.15, 0.2) is 0 Å². The van der Waals surface area contributed by atoms with E-state index < -0.39 is 28.5 Å². The van der Waals surface area contributed by atoms with Gasteiger partial charge < -0.3 is 14.6 Å². The van der Waals surface area contributed by atoms with Gasteiger partial charge in [-0.1, -0.05) is 0 Å². The summed E-state index contributed by atoms with van der Waals surface area (Å²) in [7, 11) is -4.76. The lowest BCUT2D eigenvalue weighted by Gasteiger charge is -2.27. The second-order valence-corrected chi connectivity index (χ2v) is 7.57. The molecular weight excluding hydrogens is 368 g/mol. The number of aromatic nitrogens is 2. The quantitative estimate of drug-likeness (QED) is 0.613. The summed E-state index contributed by atoms with van der Waals surface area (Å²) in [6.07, 6.45) is 1.04. The van der Waals surface area contributed by atoms with Gasteiger partial charge >= 0.3 is 16.4 Å². The average Bonchev–Trinajstić information content (AvgIpc) is 3.15. The van der Waals surface area contributed by atoms with Crippen molar-refractivity contribution in [2.24, 2.45) is 0 Å². The van der Waals surface area contributed by atoms with Gasteiger partial charge in [0.1, 0.15) is 6.04 Å². The van der Waals surface area contributed by atoms with E-state index in [-0.39, 0.29) is 6.54 Å². The summed E-state index contributed by atoms with van der Waals surface area (Å²) in [5.74, 6) is 0.817. The smallest absolute Gasteiger partial charge is 0.418 e. The summed E-state index contributed by atoms with van der Waals surface area (Å²) in [5.41, 5.74) is 0. The van der Waals surface area contributed by atoms with Crippen LogP contribution in [0, 0.1) is 0 Å². The third kappa shape index (κ3) is 3.53. The van der Waals surface area contributed by atoms with Gasteiger partial charge in [0, 0.05) is 32.7 Å². The zero-order chi connectivity index (χ0) is 18.3. The molecule has 0 spiro atoms. The maximum Gasteiger partial charge on any atom is 0.418 e. The van der Waals surface area contributed by atoms with Crippen LogP contribution in [-0.4, -0.2) is 82.8 Å². The van der Waals surface area contributed by atoms with Gasteiger partial charge in [-0.3, -0.25) is 9.45 Å². The standard InChI is InChI=1S/C13H20N6O6S/c20-13-18-7-9(19(13)25-26(21,22)23)1-2-10(18)12-16-15-11(24-12)8-17-5-3-14-4-6-17/h9-10,14H,1-8H2,(H,21,22,23). The topological polar surface area (TPSA) is 141 Å². The molecule has 2 unspecified atom stereocenters. The van der Waals surface area contributed by atoms with Crippen LogP contribution in [-0.2, 0) is 21.2 Å². The Balaban J connectivity index is 1.45. The molecule has 3 aliphatic rings. The first-order valence-electron chi connectivity index (χ1n) is 8.43. The molecule has 2 amide bonds. The molecule has 1 aromatic heterocycles. The van der Waals surface area contributed by atoms with Crippen molar-refractivity contribution in [3.05, 3.63) is 11.8 Å². The first-order chi connectivity index (χ1) is 12.4. The van der Waals surface area contributed by atoms with Crippen LogP contribution in [0.15, 0.2) is 4.42 Å². The molecule has 26 heavy (non-hydrogen) atoms. The van der Waals surface area contributed by atoms with E-state index in [1.807, 2.05) is 0 Å². The Labute approximate surface area is 150 Å². The molecule has 3 aliphatic heterocycles. The van der Waals surface area contributed by atoms with Gasteiger partial charge in [-0.25, -0.2) is 4.79 Å². The number of carbonyl (C=O) groups excluding carboxylic acids is 1. The van der Waals surface area contributed by atoms with Gasteiger partial charge in [0.05, 0.1) is 12.6 Å². The van der Waals surface area contributed by atoms with Gasteiger partial charge in [0.25, 0.3) is 0 Å². The molecule has 1 aromatic rings. The Bertz CT molecular complexity index is 778. The Morgan fingerprint density at radius 2 is 2.04 bits per heavy atom. The molecule has 3 saturated heterocycles. The Morgan fingerprint density at radius 1 is 1.27 bits per heavy atom. The number of nitrogens with zero attached hydrogens (tertiary/aromatic N) is 5. The lowest BCUT2D eigenvalue weighted by atomic mass is 10.0. The molecule has 0 saturated carbocycles. The lowest BCUT2D eigenvalue weighted by Crippen LogP contribution is -2.42. The predicted molar refractivity (Wildman–Crippen MR) is 84.8 cm³/mol. The van der Waals surface area contributed by atoms with Gasteiger partial charge in [-0.05, 0) is 12.8 Å². The zero-order valence-corrected chi connectivity index (χ0v) is 14.8. The molecule has 4 heterocycles. The van der Waals surface area contributed by atoms with Gasteiger partial charge in [-0.15, -0.1) is 14.5 Å².